The summed E-state index contributed by atoms with van der Waals surface area (Å²) < 4.78 is 11.1. The molecule has 0 radical (unpaired) electrons. The van der Waals surface area contributed by atoms with Crippen molar-refractivity contribution in [1.82, 2.24) is 0 Å². The van der Waals surface area contributed by atoms with Crippen molar-refractivity contribution in [1.29, 1.82) is 0 Å². The molecule has 3 nitrogen and oxygen atoms in total. The minimum atomic E-state index is -1.26. The molecule has 1 N–H and O–H groups in total. The van der Waals surface area contributed by atoms with Crippen LogP contribution in [0.25, 0.3) is 0 Å². The maximum absolute atomic E-state index is 10.1. The van der Waals surface area contributed by atoms with E-state index in [4.69, 9.17) is 9.47 Å². The number of fused-ring (bicyclic) bond motifs is 1. The van der Waals surface area contributed by atoms with Crippen molar-refractivity contribution < 1.29 is 14.6 Å². The van der Waals surface area contributed by atoms with Crippen molar-refractivity contribution in [3.05, 3.63) is 23.8 Å². The van der Waals surface area contributed by atoms with E-state index in [9.17, 15) is 5.11 Å². The molecule has 0 spiro atoms. The van der Waals surface area contributed by atoms with Gasteiger partial charge in [0.25, 0.3) is 5.79 Å². The maximum Gasteiger partial charge on any atom is 0.252 e. The first-order valence-corrected chi connectivity index (χ1v) is 8.02. The van der Waals surface area contributed by atoms with E-state index in [1.165, 1.54) is 31.2 Å². The summed E-state index contributed by atoms with van der Waals surface area (Å²) in [5.74, 6) is 0.0949. The minimum Gasteiger partial charge on any atom is -0.483 e. The molecule has 106 valence electrons. The lowest BCUT2D eigenvalue weighted by molar-refractivity contribution is -0.154. The van der Waals surface area contributed by atoms with Crippen LogP contribution in [-0.4, -0.2) is 22.8 Å². The van der Waals surface area contributed by atoms with Crippen LogP contribution < -0.4 is 9.47 Å². The number of aryl methyl sites for hydroxylation is 1. The molecular weight excluding hydrogens is 308 g/mol. The van der Waals surface area contributed by atoms with E-state index in [0.29, 0.717) is 16.8 Å². The van der Waals surface area contributed by atoms with E-state index in [-0.39, 0.29) is 6.61 Å². The van der Waals surface area contributed by atoms with Crippen LogP contribution in [0.15, 0.2) is 18.2 Å². The fourth-order valence-electron chi connectivity index (χ4n) is 2.15. The van der Waals surface area contributed by atoms with Crippen LogP contribution in [0, 0.1) is 0 Å². The van der Waals surface area contributed by atoms with Crippen molar-refractivity contribution in [3.63, 3.8) is 0 Å². The zero-order chi connectivity index (χ0) is 13.7. The summed E-state index contributed by atoms with van der Waals surface area (Å²) >= 11 is 3.24. The van der Waals surface area contributed by atoms with Gasteiger partial charge in [0.2, 0.25) is 0 Å². The van der Waals surface area contributed by atoms with Crippen LogP contribution >= 0.6 is 15.9 Å². The number of halogens is 1. The van der Waals surface area contributed by atoms with Gasteiger partial charge in [-0.05, 0) is 30.5 Å². The topological polar surface area (TPSA) is 38.7 Å². The van der Waals surface area contributed by atoms with Gasteiger partial charge in [0.1, 0.15) is 0 Å². The molecular formula is C15H21BrO3. The molecule has 1 aliphatic heterocycles. The summed E-state index contributed by atoms with van der Waals surface area (Å²) in [6, 6.07) is 5.99. The average Bonchev–Trinajstić information content (AvgIpc) is 2.43. The second kappa shape index (κ2) is 6.62. The van der Waals surface area contributed by atoms with Gasteiger partial charge in [0.15, 0.2) is 18.1 Å². The Morgan fingerprint density at radius 2 is 2.11 bits per heavy atom. The van der Waals surface area contributed by atoms with Crippen molar-refractivity contribution in [3.8, 4) is 11.5 Å². The molecule has 1 atom stereocenters. The van der Waals surface area contributed by atoms with Gasteiger partial charge >= 0.3 is 0 Å². The van der Waals surface area contributed by atoms with E-state index >= 15 is 0 Å². The van der Waals surface area contributed by atoms with E-state index in [0.717, 1.165) is 6.42 Å². The number of hydrogen-bond donors (Lipinski definition) is 1. The first-order chi connectivity index (χ1) is 9.17. The van der Waals surface area contributed by atoms with Crippen LogP contribution in [0.4, 0.5) is 0 Å². The normalized spacial score (nSPS) is 21.4. The fourth-order valence-corrected chi connectivity index (χ4v) is 2.43. The fraction of sp³-hybridized carbons (Fsp3) is 0.600. The number of benzene rings is 1. The standard InChI is InChI=1S/C15H21BrO3/c1-2-3-4-5-6-12-7-8-13-14(9-12)19-15(17,10-16)11-18-13/h7-9,17H,2-6,10-11H2,1H3. The van der Waals surface area contributed by atoms with Crippen molar-refractivity contribution in [2.24, 2.45) is 0 Å². The lowest BCUT2D eigenvalue weighted by atomic mass is 10.1. The smallest absolute Gasteiger partial charge is 0.252 e. The quantitative estimate of drug-likeness (QED) is 0.639. The third-order valence-electron chi connectivity index (χ3n) is 3.29. The van der Waals surface area contributed by atoms with E-state index in [2.05, 4.69) is 28.9 Å². The van der Waals surface area contributed by atoms with Gasteiger partial charge in [-0.1, -0.05) is 48.2 Å². The van der Waals surface area contributed by atoms with E-state index in [1.807, 2.05) is 12.1 Å². The predicted octanol–water partition coefficient (Wildman–Crippen LogP) is 3.66. The largest absolute Gasteiger partial charge is 0.483 e. The zero-order valence-corrected chi connectivity index (χ0v) is 12.9. The molecule has 0 amide bonds. The number of unbranched alkanes of at least 4 members (excludes halogenated alkanes) is 3. The summed E-state index contributed by atoms with van der Waals surface area (Å²) in [6.07, 6.45) is 6.03. The SMILES string of the molecule is CCCCCCc1ccc2c(c1)OC(O)(CBr)CO2. The lowest BCUT2D eigenvalue weighted by Gasteiger charge is -2.32. The van der Waals surface area contributed by atoms with E-state index < -0.39 is 5.79 Å². The monoisotopic (exact) mass is 328 g/mol. The maximum atomic E-state index is 10.1. The lowest BCUT2D eigenvalue weighted by Crippen LogP contribution is -2.46. The highest BCUT2D eigenvalue weighted by atomic mass is 79.9. The molecule has 19 heavy (non-hydrogen) atoms. The summed E-state index contributed by atoms with van der Waals surface area (Å²) in [7, 11) is 0. The Morgan fingerprint density at radius 3 is 2.84 bits per heavy atom. The second-order valence-electron chi connectivity index (χ2n) is 5.06. The van der Waals surface area contributed by atoms with Crippen molar-refractivity contribution in [2.45, 2.75) is 44.8 Å². The number of hydrogen-bond acceptors (Lipinski definition) is 3. The van der Waals surface area contributed by atoms with Gasteiger partial charge in [-0.3, -0.25) is 0 Å². The highest BCUT2D eigenvalue weighted by Gasteiger charge is 2.34. The van der Waals surface area contributed by atoms with Gasteiger partial charge in [0, 0.05) is 0 Å². The summed E-state index contributed by atoms with van der Waals surface area (Å²) in [6.45, 7) is 2.37. The Morgan fingerprint density at radius 1 is 1.26 bits per heavy atom. The van der Waals surface area contributed by atoms with Crippen LogP contribution in [0.1, 0.15) is 38.2 Å². The van der Waals surface area contributed by atoms with Gasteiger partial charge in [-0.15, -0.1) is 0 Å². The molecule has 0 bridgehead atoms. The van der Waals surface area contributed by atoms with Gasteiger partial charge in [-0.25, -0.2) is 0 Å². The highest BCUT2D eigenvalue weighted by Crippen LogP contribution is 2.36. The Bertz CT molecular complexity index is 422. The van der Waals surface area contributed by atoms with Crippen LogP contribution in [-0.2, 0) is 6.42 Å². The van der Waals surface area contributed by atoms with Crippen LogP contribution in [0.2, 0.25) is 0 Å². The average molecular weight is 329 g/mol. The first-order valence-electron chi connectivity index (χ1n) is 6.90. The van der Waals surface area contributed by atoms with Gasteiger partial charge in [0.05, 0.1) is 5.33 Å². The van der Waals surface area contributed by atoms with E-state index in [1.54, 1.807) is 0 Å². The molecule has 2 rings (SSSR count). The molecule has 0 aliphatic carbocycles. The molecule has 0 fully saturated rings. The molecule has 0 aromatic heterocycles. The van der Waals surface area contributed by atoms with Crippen LogP contribution in [0.3, 0.4) is 0 Å². The molecule has 4 heteroatoms. The third kappa shape index (κ3) is 3.86. The highest BCUT2D eigenvalue weighted by molar-refractivity contribution is 9.09. The Kier molecular flexibility index (Phi) is 5.11. The van der Waals surface area contributed by atoms with Crippen molar-refractivity contribution >= 4 is 15.9 Å². The predicted molar refractivity (Wildman–Crippen MR) is 79.2 cm³/mol. The second-order valence-corrected chi connectivity index (χ2v) is 5.62. The molecule has 1 unspecified atom stereocenters. The summed E-state index contributed by atoms with van der Waals surface area (Å²) in [5.41, 5.74) is 1.23. The number of rotatable bonds is 6. The number of ether oxygens (including phenoxy) is 2. The van der Waals surface area contributed by atoms with Gasteiger partial charge in [-0.2, -0.15) is 0 Å². The third-order valence-corrected chi connectivity index (χ3v) is 4.17. The molecule has 1 aromatic carbocycles. The molecule has 1 heterocycles. The van der Waals surface area contributed by atoms with Crippen LogP contribution in [0.5, 0.6) is 11.5 Å². The Hall–Kier alpha value is -0.740. The first kappa shape index (κ1) is 14.7. The molecule has 1 aliphatic rings. The number of aliphatic hydroxyl groups is 1. The molecule has 0 saturated heterocycles. The summed E-state index contributed by atoms with van der Waals surface area (Å²) in [4.78, 5) is 0. The summed E-state index contributed by atoms with van der Waals surface area (Å²) in [5, 5.41) is 10.4. The minimum absolute atomic E-state index is 0.154. The molecule has 0 saturated carbocycles. The Balaban J connectivity index is 2.00. The van der Waals surface area contributed by atoms with Crippen molar-refractivity contribution in [2.75, 3.05) is 11.9 Å². The Labute approximate surface area is 123 Å². The van der Waals surface area contributed by atoms with Gasteiger partial charge < -0.3 is 14.6 Å². The molecule has 1 aromatic rings. The number of alkyl halides is 1. The zero-order valence-electron chi connectivity index (χ0n) is 11.3.